The van der Waals surface area contributed by atoms with E-state index in [1.54, 1.807) is 12.1 Å². The lowest BCUT2D eigenvalue weighted by Gasteiger charge is -2.44. The second-order valence-electron chi connectivity index (χ2n) is 9.13. The summed E-state index contributed by atoms with van der Waals surface area (Å²) < 4.78 is 42.6. The fourth-order valence-electron chi connectivity index (χ4n) is 4.72. The third kappa shape index (κ3) is 4.84. The average molecular weight is 483 g/mol. The molecular weight excluding hydrogens is 457 g/mol. The molecular formula is C25H25F3N6O. The largest absolute Gasteiger partial charge is 0.368 e. The molecule has 0 unspecified atom stereocenters. The Morgan fingerprint density at radius 1 is 1.11 bits per heavy atom. The molecule has 2 aromatic heterocycles. The highest BCUT2D eigenvalue weighted by Crippen LogP contribution is 2.45. The standard InChI is InChI=1S/C25H25F3N6O/c26-16-11-25(12-16,23-20(28)2-1-8-30-23)14-31-22-6-5-21(33-34-22)18-10-15(3-4-19(18)27)24(35)32-17-7-9-29-13-17/h1-6,8,10,16-17,29H,7,9,11-14H2,(H,31,34)(H,32,35)/t16-,17-,25-/m0/s1. The molecule has 2 aliphatic rings. The Kier molecular flexibility index (Phi) is 6.38. The first-order valence-corrected chi connectivity index (χ1v) is 11.6. The maximum absolute atomic E-state index is 14.5. The third-order valence-electron chi connectivity index (χ3n) is 6.66. The molecule has 3 N–H and O–H groups in total. The predicted molar refractivity (Wildman–Crippen MR) is 125 cm³/mol. The number of nitrogens with one attached hydrogen (secondary N) is 3. The number of pyridine rings is 1. The first-order valence-electron chi connectivity index (χ1n) is 11.6. The van der Waals surface area contributed by atoms with Crippen molar-refractivity contribution in [3.63, 3.8) is 0 Å². The molecule has 35 heavy (non-hydrogen) atoms. The summed E-state index contributed by atoms with van der Waals surface area (Å²) in [5.41, 5.74) is 0.225. The van der Waals surface area contributed by atoms with Gasteiger partial charge in [0.1, 0.15) is 23.6 Å². The van der Waals surface area contributed by atoms with Gasteiger partial charge in [0, 0.05) is 41.9 Å². The van der Waals surface area contributed by atoms with Crippen molar-refractivity contribution in [2.24, 2.45) is 0 Å². The average Bonchev–Trinajstić information content (AvgIpc) is 3.35. The van der Waals surface area contributed by atoms with Crippen molar-refractivity contribution in [2.45, 2.75) is 36.9 Å². The van der Waals surface area contributed by atoms with Crippen LogP contribution in [-0.4, -0.2) is 52.9 Å². The highest BCUT2D eigenvalue weighted by atomic mass is 19.1. The summed E-state index contributed by atoms with van der Waals surface area (Å²) >= 11 is 0. The van der Waals surface area contributed by atoms with Crippen LogP contribution in [0, 0.1) is 11.6 Å². The number of hydrogen-bond acceptors (Lipinski definition) is 6. The Labute approximate surface area is 200 Å². The monoisotopic (exact) mass is 482 g/mol. The Bertz CT molecular complexity index is 1210. The van der Waals surface area contributed by atoms with Crippen molar-refractivity contribution >= 4 is 11.7 Å². The Morgan fingerprint density at radius 2 is 1.97 bits per heavy atom. The van der Waals surface area contributed by atoms with E-state index in [2.05, 4.69) is 31.1 Å². The zero-order valence-corrected chi connectivity index (χ0v) is 18.9. The molecule has 0 radical (unpaired) electrons. The van der Waals surface area contributed by atoms with E-state index >= 15 is 0 Å². The number of amides is 1. The molecule has 1 saturated heterocycles. The number of carbonyl (C=O) groups excluding carboxylic acids is 1. The van der Waals surface area contributed by atoms with Gasteiger partial charge in [-0.05, 0) is 68.3 Å². The van der Waals surface area contributed by atoms with Crippen molar-refractivity contribution in [3.8, 4) is 11.3 Å². The zero-order valence-electron chi connectivity index (χ0n) is 18.9. The van der Waals surface area contributed by atoms with Gasteiger partial charge < -0.3 is 16.0 Å². The molecule has 3 heterocycles. The molecule has 0 spiro atoms. The van der Waals surface area contributed by atoms with Crippen molar-refractivity contribution in [1.82, 2.24) is 25.8 Å². The second-order valence-corrected chi connectivity index (χ2v) is 9.13. The molecule has 0 bridgehead atoms. The Hall–Kier alpha value is -3.53. The number of halogens is 3. The fraction of sp³-hybridized carbons (Fsp3) is 0.360. The first kappa shape index (κ1) is 23.2. The minimum atomic E-state index is -1.01. The number of aromatic nitrogens is 3. The van der Waals surface area contributed by atoms with Gasteiger partial charge in [-0.1, -0.05) is 0 Å². The van der Waals surface area contributed by atoms with E-state index < -0.39 is 23.2 Å². The summed E-state index contributed by atoms with van der Waals surface area (Å²) in [5.74, 6) is -0.877. The zero-order chi connectivity index (χ0) is 24.4. The molecule has 2 fully saturated rings. The molecule has 1 aliphatic carbocycles. The number of anilines is 1. The predicted octanol–water partition coefficient (Wildman–Crippen LogP) is 3.39. The molecule has 1 amide bonds. The SMILES string of the molecule is O=C(N[C@H]1CCNC1)c1ccc(F)c(-c2ccc(NC[C@]3(c4ncccc4F)C[C@H](F)C3)nn2)c1. The molecule has 7 nitrogen and oxygen atoms in total. The van der Waals surface area contributed by atoms with Gasteiger partial charge in [0.25, 0.3) is 5.91 Å². The molecule has 182 valence electrons. The summed E-state index contributed by atoms with van der Waals surface area (Å²) in [5, 5.41) is 17.4. The number of rotatable bonds is 7. The normalized spacial score (nSPS) is 23.5. The van der Waals surface area contributed by atoms with Gasteiger partial charge >= 0.3 is 0 Å². The van der Waals surface area contributed by atoms with Crippen molar-refractivity contribution in [2.75, 3.05) is 25.0 Å². The Balaban J connectivity index is 1.29. The van der Waals surface area contributed by atoms with Gasteiger partial charge in [-0.25, -0.2) is 13.2 Å². The molecule has 1 saturated carbocycles. The van der Waals surface area contributed by atoms with E-state index in [1.807, 2.05) is 0 Å². The Morgan fingerprint density at radius 3 is 2.66 bits per heavy atom. The van der Waals surface area contributed by atoms with Crippen LogP contribution in [-0.2, 0) is 5.41 Å². The van der Waals surface area contributed by atoms with E-state index in [4.69, 9.17) is 0 Å². The summed E-state index contributed by atoms with van der Waals surface area (Å²) in [6.45, 7) is 1.79. The van der Waals surface area contributed by atoms with E-state index in [1.165, 1.54) is 36.5 Å². The number of benzene rings is 1. The van der Waals surface area contributed by atoms with E-state index in [-0.39, 0.29) is 48.3 Å². The van der Waals surface area contributed by atoms with Crippen molar-refractivity contribution < 1.29 is 18.0 Å². The quantitative estimate of drug-likeness (QED) is 0.478. The van der Waals surface area contributed by atoms with Gasteiger partial charge in [0.05, 0.1) is 11.4 Å². The topological polar surface area (TPSA) is 91.8 Å². The van der Waals surface area contributed by atoms with Gasteiger partial charge in [-0.15, -0.1) is 10.2 Å². The lowest BCUT2D eigenvalue weighted by Crippen LogP contribution is -2.49. The van der Waals surface area contributed by atoms with Crippen molar-refractivity contribution in [3.05, 3.63) is 71.6 Å². The fourth-order valence-corrected chi connectivity index (χ4v) is 4.72. The van der Waals surface area contributed by atoms with E-state index in [0.29, 0.717) is 17.9 Å². The molecule has 5 rings (SSSR count). The van der Waals surface area contributed by atoms with Crippen LogP contribution in [0.4, 0.5) is 19.0 Å². The van der Waals surface area contributed by atoms with Crippen LogP contribution in [0.5, 0.6) is 0 Å². The van der Waals surface area contributed by atoms with Crippen LogP contribution in [0.25, 0.3) is 11.3 Å². The van der Waals surface area contributed by atoms with E-state index in [0.717, 1.165) is 13.0 Å². The lowest BCUT2D eigenvalue weighted by molar-refractivity contribution is 0.0939. The van der Waals surface area contributed by atoms with Crippen LogP contribution in [0.2, 0.25) is 0 Å². The minimum Gasteiger partial charge on any atom is -0.368 e. The molecule has 10 heteroatoms. The van der Waals surface area contributed by atoms with Gasteiger partial charge in [-0.3, -0.25) is 9.78 Å². The third-order valence-corrected chi connectivity index (χ3v) is 6.66. The van der Waals surface area contributed by atoms with E-state index in [9.17, 15) is 18.0 Å². The smallest absolute Gasteiger partial charge is 0.251 e. The van der Waals surface area contributed by atoms with Gasteiger partial charge in [0.2, 0.25) is 0 Å². The maximum atomic E-state index is 14.5. The highest BCUT2D eigenvalue weighted by molar-refractivity contribution is 5.95. The van der Waals surface area contributed by atoms with Crippen LogP contribution < -0.4 is 16.0 Å². The van der Waals surface area contributed by atoms with Crippen molar-refractivity contribution in [1.29, 1.82) is 0 Å². The highest BCUT2D eigenvalue weighted by Gasteiger charge is 2.48. The summed E-state index contributed by atoms with van der Waals surface area (Å²) in [6.07, 6.45) is 1.66. The number of nitrogens with zero attached hydrogens (tertiary/aromatic N) is 3. The number of hydrogen-bond donors (Lipinski definition) is 3. The van der Waals surface area contributed by atoms with Gasteiger partial charge in [-0.2, -0.15) is 0 Å². The second kappa shape index (κ2) is 9.61. The first-order chi connectivity index (χ1) is 16.9. The van der Waals surface area contributed by atoms with Crippen LogP contribution >= 0.6 is 0 Å². The van der Waals surface area contributed by atoms with Crippen LogP contribution in [0.1, 0.15) is 35.3 Å². The maximum Gasteiger partial charge on any atom is 0.251 e. The molecule has 3 aromatic rings. The van der Waals surface area contributed by atoms with Gasteiger partial charge in [0.15, 0.2) is 0 Å². The number of alkyl halides is 1. The molecule has 1 aliphatic heterocycles. The summed E-state index contributed by atoms with van der Waals surface area (Å²) in [7, 11) is 0. The summed E-state index contributed by atoms with van der Waals surface area (Å²) in [4.78, 5) is 16.7. The van der Waals surface area contributed by atoms with Crippen LogP contribution in [0.3, 0.4) is 0 Å². The van der Waals surface area contributed by atoms with Crippen LogP contribution in [0.15, 0.2) is 48.7 Å². The minimum absolute atomic E-state index is 0.0485. The summed E-state index contributed by atoms with van der Waals surface area (Å²) in [6, 6.07) is 10.2. The molecule has 1 aromatic carbocycles. The molecule has 1 atom stereocenters. The number of carbonyl (C=O) groups is 1. The lowest BCUT2D eigenvalue weighted by atomic mass is 9.65.